The molecule has 1 rings (SSSR count). The molecule has 0 radical (unpaired) electrons. The lowest BCUT2D eigenvalue weighted by molar-refractivity contribution is -0.139. The van der Waals surface area contributed by atoms with Crippen LogP contribution in [-0.2, 0) is 19.4 Å². The van der Waals surface area contributed by atoms with E-state index in [1.165, 1.54) is 7.11 Å². The number of aliphatic carboxylic acids is 1. The number of hydrogen-bond acceptors (Lipinski definition) is 5. The minimum absolute atomic E-state index is 0.0125. The number of carbonyl (C=O) groups is 2. The average molecular weight is 322 g/mol. The van der Waals surface area contributed by atoms with Gasteiger partial charge < -0.3 is 20.5 Å². The van der Waals surface area contributed by atoms with Crippen molar-refractivity contribution in [3.05, 3.63) is 0 Å². The Morgan fingerprint density at radius 3 is 2.67 bits per heavy atom. The van der Waals surface area contributed by atoms with E-state index < -0.39 is 33.1 Å². The fourth-order valence-corrected chi connectivity index (χ4v) is 3.96. The number of amides is 2. The summed E-state index contributed by atoms with van der Waals surface area (Å²) < 4.78 is 28.0. The van der Waals surface area contributed by atoms with Gasteiger partial charge in [-0.3, -0.25) is 0 Å². The molecule has 0 spiro atoms. The van der Waals surface area contributed by atoms with Crippen molar-refractivity contribution < 1.29 is 27.9 Å². The van der Waals surface area contributed by atoms with Crippen molar-refractivity contribution in [3.63, 3.8) is 0 Å². The fraction of sp³-hybridized carbons (Fsp3) is 0.833. The van der Waals surface area contributed by atoms with Crippen molar-refractivity contribution in [1.29, 1.82) is 0 Å². The zero-order chi connectivity index (χ0) is 15.9. The lowest BCUT2D eigenvalue weighted by Gasteiger charge is -2.16. The number of nitrogens with one attached hydrogen (secondary N) is 2. The Hall–Kier alpha value is -1.35. The molecule has 0 aliphatic carbocycles. The number of methoxy groups -OCH3 is 1. The van der Waals surface area contributed by atoms with E-state index in [1.807, 2.05) is 0 Å². The molecule has 1 aliphatic heterocycles. The molecule has 0 bridgehead atoms. The number of carbonyl (C=O) groups excluding carboxylic acids is 1. The smallest absolute Gasteiger partial charge is 0.326 e. The van der Waals surface area contributed by atoms with Gasteiger partial charge >= 0.3 is 12.0 Å². The number of sulfone groups is 1. The van der Waals surface area contributed by atoms with E-state index in [0.29, 0.717) is 25.9 Å². The quantitative estimate of drug-likeness (QED) is 0.529. The second-order valence-electron chi connectivity index (χ2n) is 5.01. The molecule has 8 nitrogen and oxygen atoms in total. The number of carboxylic acid groups (broad SMARTS) is 1. The molecule has 1 fully saturated rings. The van der Waals surface area contributed by atoms with Crippen LogP contribution in [0.5, 0.6) is 0 Å². The molecular formula is C12H22N2O6S. The van der Waals surface area contributed by atoms with Crippen LogP contribution in [0.15, 0.2) is 0 Å². The van der Waals surface area contributed by atoms with E-state index in [1.54, 1.807) is 0 Å². The van der Waals surface area contributed by atoms with Gasteiger partial charge in [-0.25, -0.2) is 18.0 Å². The van der Waals surface area contributed by atoms with Gasteiger partial charge in [0.2, 0.25) is 0 Å². The first kappa shape index (κ1) is 17.7. The average Bonchev–Trinajstić information content (AvgIpc) is 2.74. The number of hydrogen-bond donors (Lipinski definition) is 3. The molecule has 0 aromatic carbocycles. The van der Waals surface area contributed by atoms with Gasteiger partial charge in [-0.1, -0.05) is 0 Å². The molecule has 2 unspecified atom stereocenters. The van der Waals surface area contributed by atoms with Gasteiger partial charge in [0.25, 0.3) is 0 Å². The van der Waals surface area contributed by atoms with Crippen LogP contribution in [0.1, 0.15) is 25.7 Å². The molecule has 2 amide bonds. The summed E-state index contributed by atoms with van der Waals surface area (Å²) in [5.74, 6) is -0.981. The van der Waals surface area contributed by atoms with Crippen molar-refractivity contribution >= 4 is 21.8 Å². The molecule has 21 heavy (non-hydrogen) atoms. The predicted molar refractivity (Wildman–Crippen MR) is 75.9 cm³/mol. The zero-order valence-corrected chi connectivity index (χ0v) is 12.8. The van der Waals surface area contributed by atoms with Crippen LogP contribution in [0, 0.1) is 0 Å². The van der Waals surface area contributed by atoms with Gasteiger partial charge in [-0.05, 0) is 25.7 Å². The first-order valence-electron chi connectivity index (χ1n) is 6.84. The summed E-state index contributed by atoms with van der Waals surface area (Å²) >= 11 is 0. The van der Waals surface area contributed by atoms with Gasteiger partial charge in [0.05, 0.1) is 11.0 Å². The molecule has 9 heteroatoms. The molecule has 1 saturated heterocycles. The van der Waals surface area contributed by atoms with Crippen LogP contribution in [0.25, 0.3) is 0 Å². The lowest BCUT2D eigenvalue weighted by Crippen LogP contribution is -2.48. The Morgan fingerprint density at radius 1 is 1.43 bits per heavy atom. The zero-order valence-electron chi connectivity index (χ0n) is 12.0. The molecule has 3 N–H and O–H groups in total. The van der Waals surface area contributed by atoms with E-state index in [4.69, 9.17) is 9.84 Å². The topological polar surface area (TPSA) is 122 Å². The van der Waals surface area contributed by atoms with Crippen LogP contribution in [-0.4, -0.2) is 62.8 Å². The van der Waals surface area contributed by atoms with E-state index in [-0.39, 0.29) is 18.7 Å². The van der Waals surface area contributed by atoms with Crippen LogP contribution in [0.4, 0.5) is 4.79 Å². The molecule has 0 aromatic heterocycles. The molecule has 0 saturated carbocycles. The highest BCUT2D eigenvalue weighted by molar-refractivity contribution is 7.92. The summed E-state index contributed by atoms with van der Waals surface area (Å²) in [6, 6.07) is -1.68. The summed E-state index contributed by atoms with van der Waals surface area (Å²) in [6.07, 6.45) is 1.88. The first-order chi connectivity index (χ1) is 9.86. The summed E-state index contributed by atoms with van der Waals surface area (Å²) in [4.78, 5) is 22.7. The maximum absolute atomic E-state index is 11.6. The van der Waals surface area contributed by atoms with E-state index in [9.17, 15) is 18.0 Å². The number of rotatable bonds is 8. The van der Waals surface area contributed by atoms with Crippen LogP contribution >= 0.6 is 0 Å². The summed E-state index contributed by atoms with van der Waals surface area (Å²) in [5.41, 5.74) is 0. The maximum Gasteiger partial charge on any atom is 0.326 e. The van der Waals surface area contributed by atoms with Crippen molar-refractivity contribution in [3.8, 4) is 0 Å². The summed E-state index contributed by atoms with van der Waals surface area (Å²) in [6.45, 7) is 0.423. The Morgan fingerprint density at radius 2 is 2.14 bits per heavy atom. The van der Waals surface area contributed by atoms with Crippen molar-refractivity contribution in [1.82, 2.24) is 10.6 Å². The fourth-order valence-electron chi connectivity index (χ4n) is 2.19. The van der Waals surface area contributed by atoms with Gasteiger partial charge in [0.1, 0.15) is 6.04 Å². The molecule has 2 atom stereocenters. The third-order valence-electron chi connectivity index (χ3n) is 3.40. The maximum atomic E-state index is 11.6. The number of ether oxygens (including phenoxy) is 1. The monoisotopic (exact) mass is 322 g/mol. The highest BCUT2D eigenvalue weighted by atomic mass is 32.2. The van der Waals surface area contributed by atoms with Crippen LogP contribution in [0.2, 0.25) is 0 Å². The van der Waals surface area contributed by atoms with E-state index in [2.05, 4.69) is 10.6 Å². The second kappa shape index (κ2) is 8.18. The number of urea groups is 1. The Kier molecular flexibility index (Phi) is 6.90. The summed E-state index contributed by atoms with van der Waals surface area (Å²) in [5, 5.41) is 13.2. The Labute approximate surface area is 124 Å². The van der Waals surface area contributed by atoms with Crippen molar-refractivity contribution in [2.45, 2.75) is 37.0 Å². The Balaban J connectivity index is 2.38. The standard InChI is InChI=1S/C12H22N2O6S/c1-20-6-2-5-10(11(15)16)14-12(17)13-8-9-4-3-7-21(9,18)19/h9-10H,2-8H2,1H3,(H,15,16)(H2,13,14,17). The highest BCUT2D eigenvalue weighted by Gasteiger charge is 2.31. The Bertz CT molecular complexity index is 464. The molecule has 1 heterocycles. The van der Waals surface area contributed by atoms with Gasteiger partial charge in [-0.15, -0.1) is 0 Å². The van der Waals surface area contributed by atoms with Gasteiger partial charge in [0.15, 0.2) is 9.84 Å². The third kappa shape index (κ3) is 5.88. The van der Waals surface area contributed by atoms with Crippen molar-refractivity contribution in [2.24, 2.45) is 0 Å². The first-order valence-corrected chi connectivity index (χ1v) is 8.56. The second-order valence-corrected chi connectivity index (χ2v) is 7.41. The normalized spacial score (nSPS) is 21.7. The molecule has 0 aromatic rings. The third-order valence-corrected chi connectivity index (χ3v) is 5.67. The molecule has 122 valence electrons. The van der Waals surface area contributed by atoms with Crippen LogP contribution < -0.4 is 10.6 Å². The van der Waals surface area contributed by atoms with E-state index >= 15 is 0 Å². The SMILES string of the molecule is COCCCC(NC(=O)NCC1CCCS1(=O)=O)C(=O)O. The van der Waals surface area contributed by atoms with Crippen LogP contribution in [0.3, 0.4) is 0 Å². The van der Waals surface area contributed by atoms with E-state index in [0.717, 1.165) is 0 Å². The lowest BCUT2D eigenvalue weighted by atomic mass is 10.1. The minimum atomic E-state index is -3.12. The van der Waals surface area contributed by atoms with Gasteiger partial charge in [-0.2, -0.15) is 0 Å². The van der Waals surface area contributed by atoms with Gasteiger partial charge in [0, 0.05) is 20.3 Å². The molecular weight excluding hydrogens is 300 g/mol. The molecule has 1 aliphatic rings. The highest BCUT2D eigenvalue weighted by Crippen LogP contribution is 2.18. The largest absolute Gasteiger partial charge is 0.480 e. The summed E-state index contributed by atoms with van der Waals surface area (Å²) in [7, 11) is -1.61. The predicted octanol–water partition coefficient (Wildman–Crippen LogP) is -0.257. The minimum Gasteiger partial charge on any atom is -0.480 e. The number of carboxylic acids is 1. The van der Waals surface area contributed by atoms with Crippen molar-refractivity contribution in [2.75, 3.05) is 26.0 Å².